The van der Waals surface area contributed by atoms with Gasteiger partial charge in [-0.15, -0.1) is 0 Å². The Morgan fingerprint density at radius 2 is 0.535 bits per heavy atom. The third kappa shape index (κ3) is 39.1. The topological polar surface area (TPSA) is 188 Å². The van der Waals surface area contributed by atoms with Crippen molar-refractivity contribution in [2.24, 2.45) is 47.3 Å². The van der Waals surface area contributed by atoms with Crippen molar-refractivity contribution in [2.75, 3.05) is 46.2 Å². The van der Waals surface area contributed by atoms with Crippen molar-refractivity contribution in [3.8, 4) is 0 Å². The molecule has 0 radical (unpaired) electrons. The first-order valence-corrected chi connectivity index (χ1v) is 54.0. The van der Waals surface area contributed by atoms with Gasteiger partial charge >= 0.3 is 0 Å². The van der Waals surface area contributed by atoms with E-state index in [1.807, 2.05) is 273 Å². The molecule has 3 aliphatic rings. The van der Waals surface area contributed by atoms with Crippen molar-refractivity contribution < 1.29 is 86.0 Å². The summed E-state index contributed by atoms with van der Waals surface area (Å²) >= 11 is 0. The van der Waals surface area contributed by atoms with Crippen LogP contribution < -0.4 is 0 Å². The highest BCUT2D eigenvalue weighted by Gasteiger charge is 2.70. The van der Waals surface area contributed by atoms with Crippen LogP contribution in [-0.2, 0) is 135 Å². The zero-order valence-corrected chi connectivity index (χ0v) is 87.1. The van der Waals surface area contributed by atoms with Crippen LogP contribution in [0.15, 0.2) is 273 Å². The quantitative estimate of drug-likeness (QED) is 0.0342. The normalized spacial score (nSPS) is 23.6. The number of aliphatic hydroxyl groups is 2. The van der Waals surface area contributed by atoms with E-state index in [-0.39, 0.29) is 92.5 Å². The second kappa shape index (κ2) is 63.7. The minimum absolute atomic E-state index is 0.0191. The third-order valence-electron chi connectivity index (χ3n) is 28.7. The Bertz CT molecular complexity index is 4670. The molecule has 3 heterocycles. The van der Waals surface area contributed by atoms with Crippen molar-refractivity contribution >= 4 is 0 Å². The fourth-order valence-electron chi connectivity index (χ4n) is 20.0. The van der Waals surface area contributed by atoms with E-state index in [0.29, 0.717) is 36.9 Å². The first-order valence-electron chi connectivity index (χ1n) is 54.0. The predicted octanol–water partition coefficient (Wildman–Crippen LogP) is 26.2. The Balaban J connectivity index is 0.992. The molecule has 0 bridgehead atoms. The molecule has 3 saturated heterocycles. The molecule has 0 spiro atoms. The second-order valence-corrected chi connectivity index (χ2v) is 42.1. The highest BCUT2D eigenvalue weighted by atomic mass is 16.8. The number of rotatable bonds is 69. The molecule has 776 valence electrons. The summed E-state index contributed by atoms with van der Waals surface area (Å²) in [6, 6.07) is 89.5. The van der Waals surface area contributed by atoms with Crippen LogP contribution in [0.3, 0.4) is 0 Å². The maximum absolute atomic E-state index is 15.0. The van der Waals surface area contributed by atoms with Gasteiger partial charge in [0.05, 0.1) is 92.5 Å². The van der Waals surface area contributed by atoms with Gasteiger partial charge < -0.3 is 86.0 Å². The lowest BCUT2D eigenvalue weighted by Gasteiger charge is -2.60. The molecule has 0 amide bonds. The lowest BCUT2D eigenvalue weighted by molar-refractivity contribution is -0.444. The molecule has 22 atom stereocenters. The molecular formula is C124H172O18. The Labute approximate surface area is 852 Å². The van der Waals surface area contributed by atoms with Crippen molar-refractivity contribution in [3.05, 3.63) is 323 Å². The van der Waals surface area contributed by atoms with Gasteiger partial charge in [-0.25, -0.2) is 0 Å². The van der Waals surface area contributed by atoms with Gasteiger partial charge in [0.15, 0.2) is 18.2 Å². The van der Waals surface area contributed by atoms with Crippen LogP contribution in [0.4, 0.5) is 0 Å². The number of ether oxygens (including phenoxy) is 16. The summed E-state index contributed by atoms with van der Waals surface area (Å²) in [5, 5.41) is 29.4. The molecule has 9 aromatic rings. The molecule has 18 heteroatoms. The van der Waals surface area contributed by atoms with E-state index in [1.165, 1.54) is 89.9 Å². The zero-order valence-electron chi connectivity index (χ0n) is 87.1. The minimum atomic E-state index is -2.42. The van der Waals surface area contributed by atoms with E-state index >= 15 is 5.11 Å². The summed E-state index contributed by atoms with van der Waals surface area (Å²) < 4.78 is 120. The smallest absolute Gasteiger partial charge is 0.192 e. The van der Waals surface area contributed by atoms with Gasteiger partial charge in [-0.3, -0.25) is 0 Å². The van der Waals surface area contributed by atoms with Crippen LogP contribution in [-0.4, -0.2) is 154 Å². The van der Waals surface area contributed by atoms with Crippen LogP contribution >= 0.6 is 0 Å². The molecule has 9 aromatic carbocycles. The highest BCUT2D eigenvalue weighted by molar-refractivity contribution is 5.23. The molecule has 0 saturated carbocycles. The van der Waals surface area contributed by atoms with Crippen LogP contribution in [0, 0.1) is 47.3 Å². The Morgan fingerprint density at radius 3 is 0.873 bits per heavy atom. The Morgan fingerprint density at radius 1 is 0.261 bits per heavy atom. The Kier molecular flexibility index (Phi) is 50.7. The second-order valence-electron chi connectivity index (χ2n) is 42.1. The van der Waals surface area contributed by atoms with Crippen molar-refractivity contribution in [1.82, 2.24) is 0 Å². The van der Waals surface area contributed by atoms with Gasteiger partial charge in [-0.05, 0) is 110 Å². The van der Waals surface area contributed by atoms with Crippen LogP contribution in [0.25, 0.3) is 0 Å². The summed E-state index contributed by atoms with van der Waals surface area (Å²) in [4.78, 5) is 0. The molecule has 3 aliphatic heterocycles. The molecule has 0 aromatic heterocycles. The van der Waals surface area contributed by atoms with Crippen molar-refractivity contribution in [3.63, 3.8) is 0 Å². The summed E-state index contributed by atoms with van der Waals surface area (Å²) in [5.41, 5.74) is 5.42. The first-order chi connectivity index (χ1) is 69.4. The van der Waals surface area contributed by atoms with Crippen molar-refractivity contribution in [1.29, 1.82) is 0 Å². The fraction of sp³-hybridized carbons (Fsp3) is 0.565. The van der Waals surface area contributed by atoms with Gasteiger partial charge in [-0.1, -0.05) is 458 Å². The number of aliphatic hydroxyl groups excluding tert-OH is 2. The van der Waals surface area contributed by atoms with Crippen molar-refractivity contribution in [2.45, 2.75) is 355 Å². The van der Waals surface area contributed by atoms with E-state index in [9.17, 15) is 5.11 Å². The number of hydrogen-bond donors (Lipinski definition) is 2. The molecule has 142 heavy (non-hydrogen) atoms. The Hall–Kier alpha value is -7.74. The lowest BCUT2D eigenvalue weighted by Crippen LogP contribution is -2.80. The fourth-order valence-corrected chi connectivity index (χ4v) is 20.0. The lowest BCUT2D eigenvalue weighted by atomic mass is 9.75. The number of hydrogen-bond acceptors (Lipinski definition) is 18. The van der Waals surface area contributed by atoms with Gasteiger partial charge in [-0.2, -0.15) is 0 Å². The summed E-state index contributed by atoms with van der Waals surface area (Å²) in [7, 11) is 0. The van der Waals surface area contributed by atoms with Gasteiger partial charge in [0, 0.05) is 13.2 Å². The summed E-state index contributed by atoms with van der Waals surface area (Å²) in [6.07, 6.45) is 4.02. The molecule has 0 aliphatic carbocycles. The monoisotopic (exact) mass is 1950 g/mol. The molecule has 3 fully saturated rings. The maximum Gasteiger partial charge on any atom is 0.192 e. The van der Waals surface area contributed by atoms with E-state index in [4.69, 9.17) is 75.8 Å². The average Bonchev–Trinajstić information content (AvgIpc) is 0.708. The molecule has 12 rings (SSSR count). The predicted molar refractivity (Wildman–Crippen MR) is 564 cm³/mol. The highest BCUT2D eigenvalue weighted by Crippen LogP contribution is 2.49. The summed E-state index contributed by atoms with van der Waals surface area (Å²) in [5.74, 6) is 5.11. The van der Waals surface area contributed by atoms with Crippen LogP contribution in [0.1, 0.15) is 248 Å². The van der Waals surface area contributed by atoms with Gasteiger partial charge in [0.1, 0.15) is 79.4 Å². The SMILES string of the molecule is CC(C)CCC[C@@H](C)CCC[C@H](C)CCC[C@H](C)CCOC[C@@H](CO[C@H]1O[C@H](COCc2ccccc2)[C@@H](OCc2ccccc2)[C@H](OCc2ccccc2)[C@@]1(O[C@@H]1O[C@H](COCc2ccccc2)[C@@H](OCc2ccccc2)[C@H](OCc2ccccc2)[C@@H]1O)[C@@H]1O[C@H](COCc2ccccc2)[C@@H](OCc2ccccc2)[C@H](OCc2ccccc2)[C@@H]1O)OCC[C@@H](C)CCC[C@@H](C)CCC[C@H](C)CCCC(C)C. The average molecular weight is 1950 g/mol. The van der Waals surface area contributed by atoms with Crippen LogP contribution in [0.2, 0.25) is 0 Å². The molecule has 2 N–H and O–H groups in total. The third-order valence-corrected chi connectivity index (χ3v) is 28.7. The standard InChI is InChI=1S/C124H172O18/c1-92(2)44-38-46-94(5)48-40-50-96(7)52-42-54-98(9)74-76-127-87-109(131-77-75-99(10)55-43-53-97(8)51-41-49-95(6)47-39-45-93(3)4)88-138-123-124(121(137-86-108-72-36-19-37-73-108)117(134-83-105-66-30-16-31-67-105)112(141-123)91-130-80-102-60-24-13-25-61-102,120-113(125)118(135-84-106-68-32-17-33-69-106)115(132-81-103-62-26-14-27-63-103)110(139-120)89-128-78-100-56-20-11-21-57-100)142-122-114(126)119(136-85-107-70-34-18-35-71-107)116(133-82-104-64-28-15-29-65-104)111(140-122)90-129-79-101-58-22-12-23-59-101/h11-37,56-73,92-99,109-123,125-126H,38-55,74-91H2,1-10H3/t94-,95-,96+,97+,98+,99+,109+,110-,111-,112-,113+,114+,115-,116-,117-,118-,119-,120-,121+,122+,123+,124+/m1/s1. The zero-order chi connectivity index (χ0) is 99.6. The molecular weight excluding hydrogens is 1780 g/mol. The van der Waals surface area contributed by atoms with E-state index in [1.54, 1.807) is 0 Å². The van der Waals surface area contributed by atoms with Crippen LogP contribution in [0.5, 0.6) is 0 Å². The first kappa shape index (κ1) is 113. The number of benzene rings is 9. The van der Waals surface area contributed by atoms with Gasteiger partial charge in [0.2, 0.25) is 0 Å². The maximum atomic E-state index is 15.0. The van der Waals surface area contributed by atoms with Gasteiger partial charge in [0.25, 0.3) is 0 Å². The molecule has 18 nitrogen and oxygen atoms in total. The van der Waals surface area contributed by atoms with E-state index in [0.717, 1.165) is 112 Å². The molecule has 0 unspecified atom stereocenters. The largest absolute Gasteiger partial charge is 0.387 e. The summed E-state index contributed by atoms with van der Waals surface area (Å²) in [6.45, 7) is 25.2. The van der Waals surface area contributed by atoms with E-state index < -0.39 is 97.5 Å². The minimum Gasteiger partial charge on any atom is -0.387 e. The van der Waals surface area contributed by atoms with E-state index in [2.05, 4.69) is 69.2 Å².